The van der Waals surface area contributed by atoms with Crippen LogP contribution < -0.4 is 5.32 Å². The van der Waals surface area contributed by atoms with Crippen LogP contribution in [-0.2, 0) is 4.74 Å². The number of rotatable bonds is 3. The molecule has 0 spiro atoms. The highest BCUT2D eigenvalue weighted by Crippen LogP contribution is 2.25. The number of fused-ring (bicyclic) bond motifs is 1. The first-order chi connectivity index (χ1) is 12.1. The molecule has 130 valence electrons. The number of H-pyrrole nitrogens is 1. The van der Waals surface area contributed by atoms with Crippen LogP contribution >= 0.6 is 0 Å². The Labute approximate surface area is 145 Å². The number of aromatic nitrogens is 4. The molecule has 4 heterocycles. The van der Waals surface area contributed by atoms with Gasteiger partial charge in [0.05, 0.1) is 29.2 Å². The number of amides is 1. The number of carbonyl (C=O) groups is 1. The van der Waals surface area contributed by atoms with Crippen molar-refractivity contribution in [2.45, 2.75) is 32.7 Å². The Morgan fingerprint density at radius 3 is 2.96 bits per heavy atom. The molecule has 0 unspecified atom stereocenters. The smallest absolute Gasteiger partial charge is 0.259 e. The van der Waals surface area contributed by atoms with E-state index < -0.39 is 0 Å². The topological polar surface area (TPSA) is 84.8 Å². The SMILES string of the molecule is Cc1nn(C2CCOCC2)cc1C(=O)Nc1cnc2[nH]ccc2c1C. The number of nitrogens with one attached hydrogen (secondary N) is 2. The average Bonchev–Trinajstić information content (AvgIpc) is 3.25. The summed E-state index contributed by atoms with van der Waals surface area (Å²) >= 11 is 0. The second kappa shape index (κ2) is 6.33. The van der Waals surface area contributed by atoms with Crippen molar-refractivity contribution in [2.75, 3.05) is 18.5 Å². The number of pyridine rings is 1. The zero-order chi connectivity index (χ0) is 17.4. The van der Waals surface area contributed by atoms with Crippen LogP contribution in [0.25, 0.3) is 11.0 Å². The largest absolute Gasteiger partial charge is 0.381 e. The molecule has 0 saturated carbocycles. The summed E-state index contributed by atoms with van der Waals surface area (Å²) in [5, 5.41) is 8.52. The third-order valence-electron chi connectivity index (χ3n) is 4.83. The molecule has 25 heavy (non-hydrogen) atoms. The Bertz CT molecular complexity index is 921. The maximum Gasteiger partial charge on any atom is 0.259 e. The quantitative estimate of drug-likeness (QED) is 0.768. The predicted molar refractivity (Wildman–Crippen MR) is 94.8 cm³/mol. The average molecular weight is 339 g/mol. The van der Waals surface area contributed by atoms with Crippen LogP contribution in [0.2, 0.25) is 0 Å². The van der Waals surface area contributed by atoms with Gasteiger partial charge >= 0.3 is 0 Å². The molecular formula is C18H21N5O2. The number of carbonyl (C=O) groups excluding carboxylic acids is 1. The molecule has 1 aliphatic heterocycles. The van der Waals surface area contributed by atoms with E-state index in [0.717, 1.165) is 54.0 Å². The number of hydrogen-bond acceptors (Lipinski definition) is 4. The normalized spacial score (nSPS) is 15.6. The van der Waals surface area contributed by atoms with E-state index in [2.05, 4.69) is 20.4 Å². The van der Waals surface area contributed by atoms with Crippen molar-refractivity contribution in [1.29, 1.82) is 0 Å². The Balaban J connectivity index is 1.58. The van der Waals surface area contributed by atoms with E-state index in [4.69, 9.17) is 4.74 Å². The summed E-state index contributed by atoms with van der Waals surface area (Å²) in [6.45, 7) is 5.33. The van der Waals surface area contributed by atoms with Crippen molar-refractivity contribution in [3.05, 3.63) is 41.5 Å². The molecule has 0 aromatic carbocycles. The van der Waals surface area contributed by atoms with Gasteiger partial charge in [0.15, 0.2) is 0 Å². The zero-order valence-electron chi connectivity index (χ0n) is 14.4. The van der Waals surface area contributed by atoms with Crippen LogP contribution in [-0.4, -0.2) is 38.9 Å². The molecule has 0 bridgehead atoms. The summed E-state index contributed by atoms with van der Waals surface area (Å²) in [5.74, 6) is -0.157. The van der Waals surface area contributed by atoms with Gasteiger partial charge in [-0.3, -0.25) is 9.48 Å². The van der Waals surface area contributed by atoms with Crippen LogP contribution in [0, 0.1) is 13.8 Å². The maximum absolute atomic E-state index is 12.7. The van der Waals surface area contributed by atoms with Gasteiger partial charge in [0.25, 0.3) is 5.91 Å². The second-order valence-electron chi connectivity index (χ2n) is 6.44. The van der Waals surface area contributed by atoms with E-state index in [1.165, 1.54) is 0 Å². The van der Waals surface area contributed by atoms with Gasteiger partial charge in [-0.15, -0.1) is 0 Å². The van der Waals surface area contributed by atoms with Gasteiger partial charge in [-0.1, -0.05) is 0 Å². The maximum atomic E-state index is 12.7. The van der Waals surface area contributed by atoms with Gasteiger partial charge in [-0.2, -0.15) is 5.10 Å². The van der Waals surface area contributed by atoms with Gasteiger partial charge in [0.1, 0.15) is 5.65 Å². The summed E-state index contributed by atoms with van der Waals surface area (Å²) in [7, 11) is 0. The summed E-state index contributed by atoms with van der Waals surface area (Å²) in [4.78, 5) is 20.2. The lowest BCUT2D eigenvalue weighted by atomic mass is 10.1. The molecule has 0 aliphatic carbocycles. The van der Waals surface area contributed by atoms with E-state index in [1.807, 2.05) is 37.0 Å². The van der Waals surface area contributed by atoms with Crippen molar-refractivity contribution in [3.63, 3.8) is 0 Å². The fourth-order valence-corrected chi connectivity index (χ4v) is 3.30. The Morgan fingerprint density at radius 1 is 1.36 bits per heavy atom. The highest BCUT2D eigenvalue weighted by molar-refractivity contribution is 6.06. The van der Waals surface area contributed by atoms with Crippen molar-refractivity contribution >= 4 is 22.6 Å². The van der Waals surface area contributed by atoms with Crippen molar-refractivity contribution in [1.82, 2.24) is 19.7 Å². The molecule has 7 heteroatoms. The lowest BCUT2D eigenvalue weighted by Crippen LogP contribution is -2.20. The molecular weight excluding hydrogens is 318 g/mol. The highest BCUT2D eigenvalue weighted by Gasteiger charge is 2.21. The summed E-state index contributed by atoms with van der Waals surface area (Å²) in [6, 6.07) is 2.26. The minimum absolute atomic E-state index is 0.157. The van der Waals surface area contributed by atoms with E-state index >= 15 is 0 Å². The van der Waals surface area contributed by atoms with E-state index in [0.29, 0.717) is 11.6 Å². The van der Waals surface area contributed by atoms with Crippen molar-refractivity contribution in [3.8, 4) is 0 Å². The third kappa shape index (κ3) is 2.91. The lowest BCUT2D eigenvalue weighted by Gasteiger charge is -2.22. The minimum Gasteiger partial charge on any atom is -0.381 e. The molecule has 0 atom stereocenters. The first-order valence-corrected chi connectivity index (χ1v) is 8.51. The first kappa shape index (κ1) is 15.8. The van der Waals surface area contributed by atoms with Crippen LogP contribution in [0.1, 0.15) is 40.5 Å². The Morgan fingerprint density at radius 2 is 2.16 bits per heavy atom. The highest BCUT2D eigenvalue weighted by atomic mass is 16.5. The molecule has 7 nitrogen and oxygen atoms in total. The number of ether oxygens (including phenoxy) is 1. The molecule has 2 N–H and O–H groups in total. The first-order valence-electron chi connectivity index (χ1n) is 8.51. The van der Waals surface area contributed by atoms with Crippen LogP contribution in [0.4, 0.5) is 5.69 Å². The van der Waals surface area contributed by atoms with Gasteiger partial charge in [0.2, 0.25) is 0 Å². The third-order valence-corrected chi connectivity index (χ3v) is 4.83. The van der Waals surface area contributed by atoms with E-state index in [1.54, 1.807) is 6.20 Å². The lowest BCUT2D eigenvalue weighted by molar-refractivity contribution is 0.0661. The number of aryl methyl sites for hydroxylation is 2. The second-order valence-corrected chi connectivity index (χ2v) is 6.44. The van der Waals surface area contributed by atoms with Crippen LogP contribution in [0.3, 0.4) is 0 Å². The molecule has 3 aromatic heterocycles. The van der Waals surface area contributed by atoms with Crippen molar-refractivity contribution < 1.29 is 9.53 Å². The standard InChI is InChI=1S/C18H21N5O2/c1-11-14-3-6-19-17(14)20-9-16(11)21-18(24)15-10-23(22-12(15)2)13-4-7-25-8-5-13/h3,6,9-10,13H,4-5,7-8H2,1-2H3,(H,19,20)(H,21,24). The van der Waals surface area contributed by atoms with Gasteiger partial charge in [-0.05, 0) is 38.3 Å². The molecule has 0 radical (unpaired) electrons. The summed E-state index contributed by atoms with van der Waals surface area (Å²) in [6.07, 6.45) is 7.23. The Kier molecular flexibility index (Phi) is 4.01. The van der Waals surface area contributed by atoms with Gasteiger partial charge in [-0.25, -0.2) is 4.98 Å². The monoisotopic (exact) mass is 339 g/mol. The molecule has 1 aliphatic rings. The summed E-state index contributed by atoms with van der Waals surface area (Å²) < 4.78 is 7.31. The molecule has 1 fully saturated rings. The van der Waals surface area contributed by atoms with Crippen LogP contribution in [0.5, 0.6) is 0 Å². The Hall–Kier alpha value is -2.67. The number of hydrogen-bond donors (Lipinski definition) is 2. The minimum atomic E-state index is -0.157. The predicted octanol–water partition coefficient (Wildman–Crippen LogP) is 2.98. The number of anilines is 1. The fourth-order valence-electron chi connectivity index (χ4n) is 3.30. The molecule has 1 amide bonds. The molecule has 1 saturated heterocycles. The molecule has 4 rings (SSSR count). The zero-order valence-corrected chi connectivity index (χ0v) is 14.4. The van der Waals surface area contributed by atoms with Gasteiger partial charge < -0.3 is 15.0 Å². The van der Waals surface area contributed by atoms with Crippen LogP contribution in [0.15, 0.2) is 24.7 Å². The molecule has 3 aromatic rings. The summed E-state index contributed by atoms with van der Waals surface area (Å²) in [5.41, 5.74) is 3.86. The fraction of sp³-hybridized carbons (Fsp3) is 0.389. The van der Waals surface area contributed by atoms with E-state index in [9.17, 15) is 4.79 Å². The van der Waals surface area contributed by atoms with Gasteiger partial charge in [0, 0.05) is 31.0 Å². The number of aromatic amines is 1. The van der Waals surface area contributed by atoms with Crippen molar-refractivity contribution in [2.24, 2.45) is 0 Å². The number of nitrogens with zero attached hydrogens (tertiary/aromatic N) is 3. The van der Waals surface area contributed by atoms with E-state index in [-0.39, 0.29) is 5.91 Å².